The van der Waals surface area contributed by atoms with Crippen LogP contribution in [0.25, 0.3) is 5.57 Å². The molecule has 0 aliphatic carbocycles. The number of hydrogen-bond donors (Lipinski definition) is 2. The van der Waals surface area contributed by atoms with Gasteiger partial charge in [-0.2, -0.15) is 0 Å². The molecule has 0 fully saturated rings. The molecule has 1 aromatic carbocycles. The molecule has 2 amide bonds. The third-order valence-corrected chi connectivity index (χ3v) is 4.42. The monoisotopic (exact) mass is 416 g/mol. The molecule has 0 bridgehead atoms. The van der Waals surface area contributed by atoms with Gasteiger partial charge in [0.25, 0.3) is 0 Å². The first-order valence-electron chi connectivity index (χ1n) is 9.91. The molecule has 2 N–H and O–H groups in total. The molecule has 0 radical (unpaired) electrons. The molecule has 0 spiro atoms. The van der Waals surface area contributed by atoms with E-state index in [1.54, 1.807) is 0 Å². The fourth-order valence-corrected chi connectivity index (χ4v) is 2.59. The maximum absolute atomic E-state index is 12.1. The summed E-state index contributed by atoms with van der Waals surface area (Å²) < 4.78 is 9.67. The minimum absolute atomic E-state index is 0.296. The van der Waals surface area contributed by atoms with Crippen LogP contribution in [0.15, 0.2) is 43.0 Å². The van der Waals surface area contributed by atoms with Crippen molar-refractivity contribution in [3.8, 4) is 0 Å². The normalized spacial score (nSPS) is 11.1. The van der Waals surface area contributed by atoms with Crippen LogP contribution in [0.1, 0.15) is 51.2 Å². The van der Waals surface area contributed by atoms with Gasteiger partial charge in [-0.05, 0) is 57.2 Å². The number of carbonyl (C=O) groups is 3. The lowest BCUT2D eigenvalue weighted by Gasteiger charge is -2.27. The number of benzene rings is 1. The summed E-state index contributed by atoms with van der Waals surface area (Å²) in [7, 11) is 1.25. The number of methoxy groups -OCH3 is 1. The van der Waals surface area contributed by atoms with Crippen molar-refractivity contribution < 1.29 is 23.9 Å². The smallest absolute Gasteiger partial charge is 0.407 e. The third kappa shape index (κ3) is 9.41. The molecule has 0 atom stereocenters. The Morgan fingerprint density at radius 3 is 2.53 bits per heavy atom. The third-order valence-electron chi connectivity index (χ3n) is 4.42. The molecule has 30 heavy (non-hydrogen) atoms. The van der Waals surface area contributed by atoms with Gasteiger partial charge < -0.3 is 20.1 Å². The van der Waals surface area contributed by atoms with Gasteiger partial charge in [-0.15, -0.1) is 0 Å². The van der Waals surface area contributed by atoms with Crippen molar-refractivity contribution in [1.29, 1.82) is 0 Å². The van der Waals surface area contributed by atoms with Crippen LogP contribution in [0.4, 0.5) is 4.79 Å². The molecule has 7 nitrogen and oxygen atoms in total. The van der Waals surface area contributed by atoms with Crippen LogP contribution in [-0.4, -0.2) is 38.2 Å². The van der Waals surface area contributed by atoms with Crippen molar-refractivity contribution in [2.45, 2.75) is 45.6 Å². The second-order valence-electron chi connectivity index (χ2n) is 7.46. The van der Waals surface area contributed by atoms with Crippen molar-refractivity contribution in [3.05, 3.63) is 54.1 Å². The van der Waals surface area contributed by atoms with Gasteiger partial charge in [0, 0.05) is 18.7 Å². The molecule has 0 heterocycles. The molecule has 164 valence electrons. The maximum atomic E-state index is 12.1. The lowest BCUT2D eigenvalue weighted by atomic mass is 9.92. The van der Waals surface area contributed by atoms with Gasteiger partial charge >= 0.3 is 12.1 Å². The molecule has 7 heteroatoms. The quantitative estimate of drug-likeness (QED) is 0.326. The molecule has 1 aromatic rings. The number of carbonyl (C=O) groups excluding carboxylic acids is 3. The molecule has 0 aliphatic heterocycles. The van der Waals surface area contributed by atoms with E-state index in [4.69, 9.17) is 4.74 Å². The summed E-state index contributed by atoms with van der Waals surface area (Å²) in [6.45, 7) is 10.5. The van der Waals surface area contributed by atoms with E-state index in [1.807, 2.05) is 45.0 Å². The summed E-state index contributed by atoms with van der Waals surface area (Å²) in [6, 6.07) is 7.90. The van der Waals surface area contributed by atoms with Gasteiger partial charge in [0.1, 0.15) is 0 Å². The van der Waals surface area contributed by atoms with Crippen LogP contribution < -0.4 is 10.6 Å². The van der Waals surface area contributed by atoms with E-state index in [-0.39, 0.29) is 5.91 Å². The number of ether oxygens (including phenoxy) is 2. The van der Waals surface area contributed by atoms with Crippen LogP contribution in [0.2, 0.25) is 0 Å². The van der Waals surface area contributed by atoms with Crippen LogP contribution >= 0.6 is 0 Å². The van der Waals surface area contributed by atoms with Crippen LogP contribution in [0, 0.1) is 0 Å². The highest BCUT2D eigenvalue weighted by molar-refractivity contribution is 5.94. The molecule has 0 unspecified atom stereocenters. The summed E-state index contributed by atoms with van der Waals surface area (Å²) in [5.74, 6) is -0.929. The number of rotatable bonds is 11. The fourth-order valence-electron chi connectivity index (χ4n) is 2.59. The Morgan fingerprint density at radius 2 is 1.87 bits per heavy atom. The summed E-state index contributed by atoms with van der Waals surface area (Å²) >= 11 is 0. The van der Waals surface area contributed by atoms with E-state index < -0.39 is 17.6 Å². The Hall–Kier alpha value is -3.09. The SMILES string of the molecule is C=C(C)c1cccc(C(C)(C)NC(=O)OCCCCCNC(=O)/C=C/C(=O)OC)c1. The number of alkyl carbamates (subject to hydrolysis) is 1. The molecular formula is C23H32N2O5. The lowest BCUT2D eigenvalue weighted by molar-refractivity contribution is -0.135. The molecule has 0 saturated heterocycles. The van der Waals surface area contributed by atoms with Crippen molar-refractivity contribution in [3.63, 3.8) is 0 Å². The van der Waals surface area contributed by atoms with E-state index in [2.05, 4.69) is 21.9 Å². The molecule has 0 aliphatic rings. The first kappa shape index (κ1) is 24.9. The number of allylic oxidation sites excluding steroid dienone is 1. The fraction of sp³-hybridized carbons (Fsp3) is 0.435. The zero-order valence-corrected chi connectivity index (χ0v) is 18.2. The van der Waals surface area contributed by atoms with E-state index in [0.717, 1.165) is 41.7 Å². The first-order valence-corrected chi connectivity index (χ1v) is 9.91. The predicted octanol–water partition coefficient (Wildman–Crippen LogP) is 3.70. The number of nitrogens with one attached hydrogen (secondary N) is 2. The Kier molecular flexibility index (Phi) is 10.4. The number of esters is 1. The van der Waals surface area contributed by atoms with Crippen molar-refractivity contribution in [2.75, 3.05) is 20.3 Å². The minimum Gasteiger partial charge on any atom is -0.466 e. The summed E-state index contributed by atoms with van der Waals surface area (Å²) in [6.07, 6.45) is 3.94. The van der Waals surface area contributed by atoms with Gasteiger partial charge in [0.15, 0.2) is 0 Å². The number of unbranched alkanes of at least 4 members (excludes halogenated alkanes) is 2. The van der Waals surface area contributed by atoms with Gasteiger partial charge in [-0.3, -0.25) is 4.79 Å². The highest BCUT2D eigenvalue weighted by atomic mass is 16.5. The van der Waals surface area contributed by atoms with Crippen LogP contribution in [0.3, 0.4) is 0 Å². The van der Waals surface area contributed by atoms with Gasteiger partial charge in [-0.1, -0.05) is 30.4 Å². The second kappa shape index (κ2) is 12.5. The van der Waals surface area contributed by atoms with E-state index >= 15 is 0 Å². The predicted molar refractivity (Wildman–Crippen MR) is 117 cm³/mol. The van der Waals surface area contributed by atoms with E-state index in [9.17, 15) is 14.4 Å². The number of amides is 2. The van der Waals surface area contributed by atoms with Crippen molar-refractivity contribution in [2.24, 2.45) is 0 Å². The largest absolute Gasteiger partial charge is 0.466 e. The molecule has 0 aromatic heterocycles. The van der Waals surface area contributed by atoms with Crippen molar-refractivity contribution in [1.82, 2.24) is 10.6 Å². The molecule has 0 saturated carbocycles. The minimum atomic E-state index is -0.579. The first-order chi connectivity index (χ1) is 14.2. The topological polar surface area (TPSA) is 93.7 Å². The zero-order valence-electron chi connectivity index (χ0n) is 18.2. The highest BCUT2D eigenvalue weighted by Gasteiger charge is 2.23. The average Bonchev–Trinajstić information content (AvgIpc) is 2.70. The standard InChI is InChI=1S/C23H32N2O5/c1-17(2)18-10-9-11-19(16-18)23(3,4)25-22(28)30-15-8-6-7-14-24-20(26)12-13-21(27)29-5/h9-13,16H,1,6-8,14-15H2,2-5H3,(H,24,26)(H,25,28)/b13-12+. The summed E-state index contributed by atoms with van der Waals surface area (Å²) in [5, 5.41) is 5.55. The maximum Gasteiger partial charge on any atom is 0.407 e. The van der Waals surface area contributed by atoms with Crippen LogP contribution in [0.5, 0.6) is 0 Å². The zero-order chi connectivity index (χ0) is 22.6. The molecule has 1 rings (SSSR count). The second-order valence-corrected chi connectivity index (χ2v) is 7.46. The lowest BCUT2D eigenvalue weighted by Crippen LogP contribution is -2.41. The Labute approximate surface area is 178 Å². The van der Waals surface area contributed by atoms with Gasteiger partial charge in [0.2, 0.25) is 5.91 Å². The summed E-state index contributed by atoms with van der Waals surface area (Å²) in [5.41, 5.74) is 2.39. The van der Waals surface area contributed by atoms with Crippen LogP contribution in [-0.2, 0) is 24.6 Å². The Balaban J connectivity index is 2.26. The van der Waals surface area contributed by atoms with E-state index in [0.29, 0.717) is 19.6 Å². The average molecular weight is 417 g/mol. The van der Waals surface area contributed by atoms with Gasteiger partial charge in [-0.25, -0.2) is 9.59 Å². The summed E-state index contributed by atoms with van der Waals surface area (Å²) in [4.78, 5) is 34.5. The van der Waals surface area contributed by atoms with E-state index in [1.165, 1.54) is 7.11 Å². The van der Waals surface area contributed by atoms with Crippen molar-refractivity contribution >= 4 is 23.5 Å². The van der Waals surface area contributed by atoms with Gasteiger partial charge in [0.05, 0.1) is 19.3 Å². The number of hydrogen-bond acceptors (Lipinski definition) is 5. The Morgan fingerprint density at radius 1 is 1.13 bits per heavy atom. The Bertz CT molecular complexity index is 784. The highest BCUT2D eigenvalue weighted by Crippen LogP contribution is 2.23. The molecular weight excluding hydrogens is 384 g/mol.